The predicted octanol–water partition coefficient (Wildman–Crippen LogP) is 3.53. The summed E-state index contributed by atoms with van der Waals surface area (Å²) >= 11 is 7.56. The molecule has 0 fully saturated rings. The molecule has 0 aliphatic rings. The van der Waals surface area contributed by atoms with Gasteiger partial charge in [0, 0.05) is 16.4 Å². The smallest absolute Gasteiger partial charge is 0.260 e. The number of halogens is 1. The zero-order valence-corrected chi connectivity index (χ0v) is 12.7. The molecule has 0 radical (unpaired) electrons. The summed E-state index contributed by atoms with van der Waals surface area (Å²) in [5.41, 5.74) is 0. The summed E-state index contributed by atoms with van der Waals surface area (Å²) in [6.45, 7) is 2.34. The number of amides is 1. The Hall–Kier alpha value is -1.52. The van der Waals surface area contributed by atoms with Gasteiger partial charge in [-0.3, -0.25) is 4.79 Å². The Labute approximate surface area is 127 Å². The Morgan fingerprint density at radius 3 is 2.95 bits per heavy atom. The molecular weight excluding hydrogens is 294 g/mol. The zero-order chi connectivity index (χ0) is 14.4. The number of nitrogens with one attached hydrogen (secondary N) is 1. The lowest BCUT2D eigenvalue weighted by Crippen LogP contribution is -2.37. The maximum absolute atomic E-state index is 11.9. The molecule has 5 heteroatoms. The number of hydrogen-bond donors (Lipinski definition) is 1. The fraction of sp³-hybridized carbons (Fsp3) is 0.267. The van der Waals surface area contributed by atoms with Crippen molar-refractivity contribution in [2.24, 2.45) is 0 Å². The highest BCUT2D eigenvalue weighted by Crippen LogP contribution is 2.18. The lowest BCUT2D eigenvalue weighted by molar-refractivity contribution is -0.127. The van der Waals surface area contributed by atoms with Crippen molar-refractivity contribution in [3.8, 4) is 5.75 Å². The second kappa shape index (κ2) is 7.31. The second-order valence-electron chi connectivity index (χ2n) is 4.34. The number of benzene rings is 1. The van der Waals surface area contributed by atoms with Gasteiger partial charge in [0.1, 0.15) is 5.75 Å². The van der Waals surface area contributed by atoms with Gasteiger partial charge in [0.05, 0.1) is 0 Å². The standard InChI is InChI=1S/C15H16ClNO2S/c1-11(19-13-5-2-4-12(16)10-13)15(18)17-8-7-14-6-3-9-20-14/h2-6,9-11H,7-8H2,1H3,(H,17,18)/t11-/m1/s1. The molecule has 1 aromatic carbocycles. The topological polar surface area (TPSA) is 38.3 Å². The molecule has 0 aliphatic carbocycles. The van der Waals surface area contributed by atoms with Gasteiger partial charge >= 0.3 is 0 Å². The molecule has 0 aliphatic heterocycles. The van der Waals surface area contributed by atoms with Crippen LogP contribution in [0.2, 0.25) is 5.02 Å². The maximum Gasteiger partial charge on any atom is 0.260 e. The van der Waals surface area contributed by atoms with Crippen molar-refractivity contribution in [3.63, 3.8) is 0 Å². The van der Waals surface area contributed by atoms with Gasteiger partial charge < -0.3 is 10.1 Å². The fourth-order valence-corrected chi connectivity index (χ4v) is 2.59. The molecule has 2 aromatic rings. The minimum atomic E-state index is -0.545. The minimum absolute atomic E-state index is 0.124. The van der Waals surface area contributed by atoms with Crippen LogP contribution >= 0.6 is 22.9 Å². The van der Waals surface area contributed by atoms with Gasteiger partial charge in [-0.25, -0.2) is 0 Å². The first-order valence-corrected chi connectivity index (χ1v) is 7.63. The van der Waals surface area contributed by atoms with Crippen LogP contribution in [0.25, 0.3) is 0 Å². The van der Waals surface area contributed by atoms with E-state index in [1.807, 2.05) is 11.4 Å². The molecule has 0 saturated heterocycles. The molecule has 0 bridgehead atoms. The fourth-order valence-electron chi connectivity index (χ4n) is 1.71. The van der Waals surface area contributed by atoms with E-state index < -0.39 is 6.10 Å². The van der Waals surface area contributed by atoms with Crippen LogP contribution in [0, 0.1) is 0 Å². The van der Waals surface area contributed by atoms with E-state index in [2.05, 4.69) is 11.4 Å². The number of hydrogen-bond acceptors (Lipinski definition) is 3. The third kappa shape index (κ3) is 4.54. The Bertz CT molecular complexity index is 557. The van der Waals surface area contributed by atoms with Crippen LogP contribution in [0.15, 0.2) is 41.8 Å². The number of thiophene rings is 1. The summed E-state index contributed by atoms with van der Waals surface area (Å²) in [5.74, 6) is 0.472. The molecular formula is C15H16ClNO2S. The quantitative estimate of drug-likeness (QED) is 0.886. The first-order chi connectivity index (χ1) is 9.65. The van der Waals surface area contributed by atoms with E-state index in [1.54, 1.807) is 42.5 Å². The van der Waals surface area contributed by atoms with E-state index in [1.165, 1.54) is 4.88 Å². The van der Waals surface area contributed by atoms with Gasteiger partial charge in [-0.05, 0) is 43.0 Å². The van der Waals surface area contributed by atoms with E-state index in [0.717, 1.165) is 6.42 Å². The summed E-state index contributed by atoms with van der Waals surface area (Å²) in [5, 5.41) is 5.49. The van der Waals surface area contributed by atoms with E-state index in [0.29, 0.717) is 17.3 Å². The molecule has 1 aromatic heterocycles. The SMILES string of the molecule is C[C@@H](Oc1cccc(Cl)c1)C(=O)NCCc1cccs1. The van der Waals surface area contributed by atoms with Crippen molar-refractivity contribution < 1.29 is 9.53 Å². The van der Waals surface area contributed by atoms with Crippen LogP contribution in [0.5, 0.6) is 5.75 Å². The van der Waals surface area contributed by atoms with Gasteiger partial charge in [0.25, 0.3) is 5.91 Å². The Morgan fingerprint density at radius 1 is 1.40 bits per heavy atom. The molecule has 1 heterocycles. The highest BCUT2D eigenvalue weighted by atomic mass is 35.5. The number of rotatable bonds is 6. The first kappa shape index (κ1) is 14.9. The third-order valence-electron chi connectivity index (χ3n) is 2.73. The molecule has 106 valence electrons. The lowest BCUT2D eigenvalue weighted by atomic mass is 10.3. The summed E-state index contributed by atoms with van der Waals surface area (Å²) < 4.78 is 5.55. The van der Waals surface area contributed by atoms with Crippen LogP contribution in [0.3, 0.4) is 0 Å². The number of ether oxygens (including phenoxy) is 1. The average molecular weight is 310 g/mol. The lowest BCUT2D eigenvalue weighted by Gasteiger charge is -2.14. The highest BCUT2D eigenvalue weighted by Gasteiger charge is 2.14. The van der Waals surface area contributed by atoms with Gasteiger partial charge in [0.2, 0.25) is 0 Å². The van der Waals surface area contributed by atoms with Crippen molar-refractivity contribution in [3.05, 3.63) is 51.7 Å². The van der Waals surface area contributed by atoms with E-state index in [9.17, 15) is 4.79 Å². The van der Waals surface area contributed by atoms with Crippen LogP contribution < -0.4 is 10.1 Å². The first-order valence-electron chi connectivity index (χ1n) is 6.37. The van der Waals surface area contributed by atoms with Crippen molar-refractivity contribution in [1.29, 1.82) is 0 Å². The predicted molar refractivity (Wildman–Crippen MR) is 82.6 cm³/mol. The van der Waals surface area contributed by atoms with Gasteiger partial charge in [-0.15, -0.1) is 11.3 Å². The molecule has 3 nitrogen and oxygen atoms in total. The molecule has 0 unspecified atom stereocenters. The van der Waals surface area contributed by atoms with Crippen molar-refractivity contribution >= 4 is 28.8 Å². The van der Waals surface area contributed by atoms with E-state index in [-0.39, 0.29) is 5.91 Å². The van der Waals surface area contributed by atoms with Crippen molar-refractivity contribution in [2.75, 3.05) is 6.54 Å². The maximum atomic E-state index is 11.9. The zero-order valence-electron chi connectivity index (χ0n) is 11.1. The molecule has 1 N–H and O–H groups in total. The monoisotopic (exact) mass is 309 g/mol. The molecule has 20 heavy (non-hydrogen) atoms. The van der Waals surface area contributed by atoms with Gasteiger partial charge in [-0.1, -0.05) is 23.7 Å². The van der Waals surface area contributed by atoms with Gasteiger partial charge in [-0.2, -0.15) is 0 Å². The van der Waals surface area contributed by atoms with E-state index >= 15 is 0 Å². The second-order valence-corrected chi connectivity index (χ2v) is 5.81. The molecule has 0 spiro atoms. The van der Waals surface area contributed by atoms with Crippen LogP contribution in [0.1, 0.15) is 11.8 Å². The largest absolute Gasteiger partial charge is 0.481 e. The van der Waals surface area contributed by atoms with Crippen LogP contribution in [-0.4, -0.2) is 18.6 Å². The summed E-state index contributed by atoms with van der Waals surface area (Å²) in [7, 11) is 0. The average Bonchev–Trinajstić information content (AvgIpc) is 2.91. The van der Waals surface area contributed by atoms with Crippen LogP contribution in [0.4, 0.5) is 0 Å². The number of carbonyl (C=O) groups is 1. The minimum Gasteiger partial charge on any atom is -0.481 e. The third-order valence-corrected chi connectivity index (χ3v) is 3.90. The van der Waals surface area contributed by atoms with Gasteiger partial charge in [0.15, 0.2) is 6.10 Å². The normalized spacial score (nSPS) is 11.9. The Morgan fingerprint density at radius 2 is 2.25 bits per heavy atom. The number of carbonyl (C=O) groups excluding carboxylic acids is 1. The highest BCUT2D eigenvalue weighted by molar-refractivity contribution is 7.09. The van der Waals surface area contributed by atoms with Crippen molar-refractivity contribution in [1.82, 2.24) is 5.32 Å². The molecule has 2 rings (SSSR count). The summed E-state index contributed by atoms with van der Waals surface area (Å²) in [6.07, 6.45) is 0.296. The summed E-state index contributed by atoms with van der Waals surface area (Å²) in [6, 6.07) is 11.1. The molecule has 1 amide bonds. The van der Waals surface area contributed by atoms with Crippen molar-refractivity contribution in [2.45, 2.75) is 19.4 Å². The molecule has 1 atom stereocenters. The van der Waals surface area contributed by atoms with E-state index in [4.69, 9.17) is 16.3 Å². The Kier molecular flexibility index (Phi) is 5.44. The summed E-state index contributed by atoms with van der Waals surface area (Å²) in [4.78, 5) is 13.2. The van der Waals surface area contributed by atoms with Crippen LogP contribution in [-0.2, 0) is 11.2 Å². The Balaban J connectivity index is 1.77. The molecule has 0 saturated carbocycles.